The first kappa shape index (κ1) is 17.6. The van der Waals surface area contributed by atoms with Crippen LogP contribution in [0.4, 0.5) is 5.82 Å². The third-order valence-electron chi connectivity index (χ3n) is 5.06. The molecule has 2 aromatic heterocycles. The van der Waals surface area contributed by atoms with Crippen molar-refractivity contribution in [3.8, 4) is 11.3 Å². The van der Waals surface area contributed by atoms with E-state index in [1.807, 2.05) is 30.3 Å². The smallest absolute Gasteiger partial charge is 0.254 e. The Balaban J connectivity index is 1.65. The summed E-state index contributed by atoms with van der Waals surface area (Å²) < 4.78 is 1.72. The molecule has 1 aliphatic carbocycles. The Morgan fingerprint density at radius 2 is 2.14 bits per heavy atom. The van der Waals surface area contributed by atoms with E-state index in [4.69, 9.17) is 4.98 Å². The van der Waals surface area contributed by atoms with Crippen LogP contribution in [0.1, 0.15) is 30.4 Å². The summed E-state index contributed by atoms with van der Waals surface area (Å²) in [7, 11) is 0. The van der Waals surface area contributed by atoms with Gasteiger partial charge in [-0.05, 0) is 30.5 Å². The van der Waals surface area contributed by atoms with Gasteiger partial charge in [-0.15, -0.1) is 0 Å². The van der Waals surface area contributed by atoms with Crippen LogP contribution in [0.3, 0.4) is 0 Å². The van der Waals surface area contributed by atoms with Crippen LogP contribution >= 0.6 is 0 Å². The molecule has 0 atom stereocenters. The van der Waals surface area contributed by atoms with Crippen molar-refractivity contribution in [3.63, 3.8) is 0 Å². The molecule has 2 amide bonds. The highest BCUT2D eigenvalue weighted by molar-refractivity contribution is 6.15. The number of hydrogen-bond acceptors (Lipinski definition) is 6. The van der Waals surface area contributed by atoms with Crippen LogP contribution in [0.25, 0.3) is 23.0 Å². The molecule has 0 bridgehead atoms. The van der Waals surface area contributed by atoms with E-state index in [0.29, 0.717) is 22.8 Å². The van der Waals surface area contributed by atoms with Gasteiger partial charge in [0, 0.05) is 28.8 Å². The molecule has 3 aromatic rings. The summed E-state index contributed by atoms with van der Waals surface area (Å²) in [6.07, 6.45) is 5.60. The van der Waals surface area contributed by atoms with Gasteiger partial charge in [-0.3, -0.25) is 14.9 Å². The van der Waals surface area contributed by atoms with Crippen molar-refractivity contribution in [2.45, 2.75) is 31.9 Å². The lowest BCUT2D eigenvalue weighted by atomic mass is 10.1. The molecule has 1 aliphatic heterocycles. The summed E-state index contributed by atoms with van der Waals surface area (Å²) in [4.78, 5) is 28.2. The van der Waals surface area contributed by atoms with Crippen molar-refractivity contribution >= 4 is 29.4 Å². The summed E-state index contributed by atoms with van der Waals surface area (Å²) in [5, 5.41) is 19.7. The maximum Gasteiger partial charge on any atom is 0.254 e. The monoisotopic (exact) mass is 389 g/mol. The molecule has 8 nitrogen and oxygen atoms in total. The van der Waals surface area contributed by atoms with E-state index in [1.54, 1.807) is 16.8 Å². The number of aliphatic hydroxyl groups excluding tert-OH is 1. The van der Waals surface area contributed by atoms with Crippen LogP contribution in [0.15, 0.2) is 42.1 Å². The third-order valence-corrected chi connectivity index (χ3v) is 5.06. The Kier molecular flexibility index (Phi) is 4.13. The van der Waals surface area contributed by atoms with Gasteiger partial charge in [0.05, 0.1) is 24.9 Å². The number of aromatic nitrogens is 3. The largest absolute Gasteiger partial charge is 0.392 e. The normalized spacial score (nSPS) is 17.9. The lowest BCUT2D eigenvalue weighted by Crippen LogP contribution is -2.19. The second-order valence-electron chi connectivity index (χ2n) is 7.36. The van der Waals surface area contributed by atoms with Crippen molar-refractivity contribution in [3.05, 3.63) is 53.2 Å². The van der Waals surface area contributed by atoms with E-state index >= 15 is 0 Å². The summed E-state index contributed by atoms with van der Waals surface area (Å²) >= 11 is 0. The van der Waals surface area contributed by atoms with Crippen LogP contribution in [0, 0.1) is 0 Å². The molecule has 1 aromatic carbocycles. The number of aliphatic hydroxyl groups is 1. The zero-order chi connectivity index (χ0) is 20.0. The number of carbonyl (C=O) groups excluding carboxylic acids is 2. The number of nitrogens with one attached hydrogen (secondary N) is 2. The highest BCUT2D eigenvalue weighted by Gasteiger charge is 2.25. The lowest BCUT2D eigenvalue weighted by molar-refractivity contribution is -0.124. The average Bonchev–Trinajstić information content (AvgIpc) is 3.36. The van der Waals surface area contributed by atoms with Crippen molar-refractivity contribution < 1.29 is 14.7 Å². The summed E-state index contributed by atoms with van der Waals surface area (Å²) in [5.41, 5.74) is 4.09. The van der Waals surface area contributed by atoms with Crippen molar-refractivity contribution in [1.29, 1.82) is 0 Å². The molecular weight excluding hydrogens is 370 g/mol. The second kappa shape index (κ2) is 6.82. The van der Waals surface area contributed by atoms with Crippen LogP contribution in [0.2, 0.25) is 0 Å². The van der Waals surface area contributed by atoms with Crippen LogP contribution in [-0.2, 0) is 16.2 Å². The van der Waals surface area contributed by atoms with Gasteiger partial charge >= 0.3 is 0 Å². The molecule has 1 saturated heterocycles. The molecule has 5 rings (SSSR count). The maximum atomic E-state index is 11.9. The van der Waals surface area contributed by atoms with Crippen molar-refractivity contribution in [1.82, 2.24) is 19.9 Å². The molecule has 2 fully saturated rings. The fourth-order valence-corrected chi connectivity index (χ4v) is 3.41. The highest BCUT2D eigenvalue weighted by Crippen LogP contribution is 2.30. The summed E-state index contributed by atoms with van der Waals surface area (Å²) in [5.74, 6) is 0.138. The second-order valence-corrected chi connectivity index (χ2v) is 7.36. The van der Waals surface area contributed by atoms with Gasteiger partial charge < -0.3 is 10.4 Å². The Bertz CT molecular complexity index is 1180. The summed E-state index contributed by atoms with van der Waals surface area (Å²) in [6, 6.07) is 9.94. The minimum atomic E-state index is -0.377. The van der Waals surface area contributed by atoms with E-state index in [-0.39, 0.29) is 24.8 Å². The Labute approximate surface area is 166 Å². The molecule has 2 aliphatic rings. The van der Waals surface area contributed by atoms with Crippen molar-refractivity contribution in [2.24, 2.45) is 0 Å². The molecule has 0 spiro atoms. The minimum Gasteiger partial charge on any atom is -0.392 e. The molecule has 146 valence electrons. The fraction of sp³-hybridized carbons (Fsp3) is 0.238. The van der Waals surface area contributed by atoms with E-state index < -0.39 is 0 Å². The molecule has 0 radical (unpaired) electrons. The van der Waals surface area contributed by atoms with Crippen LogP contribution in [0.5, 0.6) is 0 Å². The van der Waals surface area contributed by atoms with E-state index in [1.165, 1.54) is 0 Å². The molecule has 8 heteroatoms. The predicted octanol–water partition coefficient (Wildman–Crippen LogP) is 1.89. The Morgan fingerprint density at radius 1 is 1.28 bits per heavy atom. The number of imide groups is 1. The first-order chi connectivity index (χ1) is 14.1. The Morgan fingerprint density at radius 3 is 2.86 bits per heavy atom. The minimum absolute atomic E-state index is 0.0452. The molecule has 29 heavy (non-hydrogen) atoms. The van der Waals surface area contributed by atoms with Crippen LogP contribution in [-0.4, -0.2) is 37.6 Å². The number of fused-ring (bicyclic) bond motifs is 1. The van der Waals surface area contributed by atoms with Crippen LogP contribution < -0.4 is 10.6 Å². The molecule has 3 heterocycles. The van der Waals surface area contributed by atoms with Gasteiger partial charge in [0.1, 0.15) is 5.82 Å². The topological polar surface area (TPSA) is 109 Å². The lowest BCUT2D eigenvalue weighted by Gasteiger charge is -2.11. The number of anilines is 1. The zero-order valence-electron chi connectivity index (χ0n) is 15.6. The van der Waals surface area contributed by atoms with Gasteiger partial charge in [-0.25, -0.2) is 4.98 Å². The van der Waals surface area contributed by atoms with Gasteiger partial charge in [0.2, 0.25) is 5.91 Å². The average molecular weight is 389 g/mol. The van der Waals surface area contributed by atoms with E-state index in [0.717, 1.165) is 35.5 Å². The molecular formula is C21H19N5O3. The SMILES string of the molecule is O=C1CC(=Cc2cnn3c(NC4CC4)cc(-c4cccc(CO)c4)nc23)C(=O)N1. The van der Waals surface area contributed by atoms with Gasteiger partial charge in [-0.1, -0.05) is 18.2 Å². The van der Waals surface area contributed by atoms with E-state index in [9.17, 15) is 14.7 Å². The number of carbonyl (C=O) groups is 2. The van der Waals surface area contributed by atoms with E-state index in [2.05, 4.69) is 15.7 Å². The number of rotatable bonds is 5. The molecule has 1 saturated carbocycles. The maximum absolute atomic E-state index is 11.9. The zero-order valence-corrected chi connectivity index (χ0v) is 15.6. The van der Waals surface area contributed by atoms with Gasteiger partial charge in [-0.2, -0.15) is 9.61 Å². The summed E-state index contributed by atoms with van der Waals surface area (Å²) in [6.45, 7) is -0.0452. The number of amides is 2. The third kappa shape index (κ3) is 3.38. The van der Waals surface area contributed by atoms with Crippen molar-refractivity contribution in [2.75, 3.05) is 5.32 Å². The fourth-order valence-electron chi connectivity index (χ4n) is 3.41. The van der Waals surface area contributed by atoms with Gasteiger partial charge in [0.25, 0.3) is 5.91 Å². The number of benzene rings is 1. The number of hydrogen-bond donors (Lipinski definition) is 3. The standard InChI is InChI=1S/C21H19N5O3/c27-11-12-2-1-3-13(6-12)17-9-18(23-16-4-5-16)26-20(24-17)15(10-22-26)7-14-8-19(28)25-21(14)29/h1-3,6-7,9-10,16,23,27H,4-5,8,11H2,(H,25,28,29). The first-order valence-electron chi connectivity index (χ1n) is 9.51. The molecule has 3 N–H and O–H groups in total. The quantitative estimate of drug-likeness (QED) is 0.454. The highest BCUT2D eigenvalue weighted by atomic mass is 16.3. The molecule has 0 unspecified atom stereocenters. The predicted molar refractivity (Wildman–Crippen MR) is 107 cm³/mol. The Hall–Kier alpha value is -3.52. The number of nitrogens with zero attached hydrogens (tertiary/aromatic N) is 3. The van der Waals surface area contributed by atoms with Gasteiger partial charge in [0.15, 0.2) is 5.65 Å². The first-order valence-corrected chi connectivity index (χ1v) is 9.51.